The van der Waals surface area contributed by atoms with Crippen LogP contribution in [0.25, 0.3) is 0 Å². The first-order chi connectivity index (χ1) is 15.3. The van der Waals surface area contributed by atoms with E-state index in [4.69, 9.17) is 22.1 Å². The highest BCUT2D eigenvalue weighted by Crippen LogP contribution is 2.27. The highest BCUT2D eigenvalue weighted by atomic mass is 35.5. The minimum Gasteiger partial charge on any atom is -0.383 e. The summed E-state index contributed by atoms with van der Waals surface area (Å²) < 4.78 is 17.6. The monoisotopic (exact) mass is 467 g/mol. The van der Waals surface area contributed by atoms with Crippen molar-refractivity contribution in [2.75, 3.05) is 25.6 Å². The molecule has 11 heteroatoms. The highest BCUT2D eigenvalue weighted by Gasteiger charge is 2.21. The Balaban J connectivity index is 0.000000229. The minimum absolute atomic E-state index is 0.00166. The van der Waals surface area contributed by atoms with Crippen LogP contribution in [0.2, 0.25) is 5.02 Å². The maximum atomic E-state index is 12.8. The van der Waals surface area contributed by atoms with E-state index < -0.39 is 17.6 Å². The summed E-state index contributed by atoms with van der Waals surface area (Å²) in [6.45, 7) is 0.748. The van der Waals surface area contributed by atoms with Crippen LogP contribution in [-0.4, -0.2) is 48.0 Å². The van der Waals surface area contributed by atoms with E-state index in [0.29, 0.717) is 18.8 Å². The van der Waals surface area contributed by atoms with E-state index in [1.54, 1.807) is 0 Å². The molecular weight excluding hydrogens is 441 g/mol. The van der Waals surface area contributed by atoms with Crippen molar-refractivity contribution in [3.8, 4) is 0 Å². The molecule has 2 aromatic rings. The number of hydrogen-bond donors (Lipinski definition) is 4. The van der Waals surface area contributed by atoms with Crippen molar-refractivity contribution in [3.63, 3.8) is 0 Å². The van der Waals surface area contributed by atoms with Crippen LogP contribution >= 0.6 is 11.6 Å². The number of nitrogens with one attached hydrogen (secondary N) is 3. The van der Waals surface area contributed by atoms with Gasteiger partial charge in [-0.3, -0.25) is 14.4 Å². The number of aromatic nitrogens is 2. The molecule has 0 aliphatic heterocycles. The first-order valence-electron chi connectivity index (χ1n) is 10.2. The van der Waals surface area contributed by atoms with Gasteiger partial charge in [0.1, 0.15) is 11.5 Å². The van der Waals surface area contributed by atoms with Crippen LogP contribution in [0.1, 0.15) is 53.1 Å². The van der Waals surface area contributed by atoms with E-state index >= 15 is 0 Å². The molecule has 0 saturated heterocycles. The van der Waals surface area contributed by atoms with Crippen molar-refractivity contribution in [3.05, 3.63) is 46.8 Å². The third-order valence-electron chi connectivity index (χ3n) is 4.86. The zero-order valence-electron chi connectivity index (χ0n) is 17.7. The fourth-order valence-corrected chi connectivity index (χ4v) is 3.41. The largest absolute Gasteiger partial charge is 0.383 e. The molecule has 1 aliphatic carbocycles. The summed E-state index contributed by atoms with van der Waals surface area (Å²) in [6, 6.07) is 4.00. The van der Waals surface area contributed by atoms with E-state index in [9.17, 15) is 18.8 Å². The van der Waals surface area contributed by atoms with E-state index in [-0.39, 0.29) is 28.2 Å². The highest BCUT2D eigenvalue weighted by molar-refractivity contribution is 6.33. The summed E-state index contributed by atoms with van der Waals surface area (Å²) >= 11 is 5.86. The average molecular weight is 468 g/mol. The maximum absolute atomic E-state index is 12.8. The fourth-order valence-electron chi connectivity index (χ4n) is 3.20. The van der Waals surface area contributed by atoms with Gasteiger partial charge in [-0.1, -0.05) is 30.9 Å². The Labute approximate surface area is 190 Å². The van der Waals surface area contributed by atoms with Gasteiger partial charge in [-0.25, -0.2) is 9.37 Å². The molecule has 1 aromatic carbocycles. The Morgan fingerprint density at radius 1 is 1.28 bits per heavy atom. The molecule has 1 aliphatic rings. The summed E-state index contributed by atoms with van der Waals surface area (Å²) in [5.74, 6) is -1.50. The van der Waals surface area contributed by atoms with Gasteiger partial charge in [0.05, 0.1) is 23.6 Å². The molecule has 0 spiro atoms. The van der Waals surface area contributed by atoms with Gasteiger partial charge in [0.2, 0.25) is 5.91 Å². The van der Waals surface area contributed by atoms with Crippen LogP contribution < -0.4 is 16.4 Å². The normalized spacial score (nSPS) is 13.6. The number of ether oxygens (including phenoxy) is 1. The topological polar surface area (TPSA) is 139 Å². The number of nitrogens with two attached hydrogens (primary N) is 1. The number of anilines is 1. The summed E-state index contributed by atoms with van der Waals surface area (Å²) in [5, 5.41) is 5.55. The molecular formula is C21H27ClFN5O4. The van der Waals surface area contributed by atoms with E-state index in [2.05, 4.69) is 20.6 Å². The maximum Gasteiger partial charge on any atom is 0.270 e. The number of carbonyl (C=O) groups excluding carboxylic acids is 3. The molecule has 174 valence electrons. The molecule has 0 unspecified atom stereocenters. The molecule has 9 nitrogen and oxygen atoms in total. The summed E-state index contributed by atoms with van der Waals surface area (Å²) in [6.07, 6.45) is 6.53. The zero-order valence-corrected chi connectivity index (χ0v) is 18.5. The number of methoxy groups -OCH3 is 1. The number of imidazole rings is 1. The number of rotatable bonds is 7. The van der Waals surface area contributed by atoms with Crippen LogP contribution in [0.15, 0.2) is 24.5 Å². The van der Waals surface area contributed by atoms with Crippen LogP contribution in [0, 0.1) is 11.7 Å². The number of primary amides is 1. The SMILES string of the molecule is COCCNC(=O)c1[nH]cnc1C(N)=O.O=C(Nc1ccc(F)cc1Cl)C1CCCCC1. The van der Waals surface area contributed by atoms with Gasteiger partial charge in [0.15, 0.2) is 5.69 Å². The number of carbonyl (C=O) groups is 3. The molecule has 3 rings (SSSR count). The Bertz CT molecular complexity index is 931. The van der Waals surface area contributed by atoms with Crippen molar-refractivity contribution in [2.24, 2.45) is 11.7 Å². The van der Waals surface area contributed by atoms with Crippen molar-refractivity contribution < 1.29 is 23.5 Å². The molecule has 3 amide bonds. The van der Waals surface area contributed by atoms with E-state index in [0.717, 1.165) is 25.7 Å². The fraction of sp³-hybridized carbons (Fsp3) is 0.429. The van der Waals surface area contributed by atoms with Gasteiger partial charge in [0.25, 0.3) is 11.8 Å². The Morgan fingerprint density at radius 2 is 2.00 bits per heavy atom. The molecule has 0 radical (unpaired) electrons. The van der Waals surface area contributed by atoms with Gasteiger partial charge in [-0.2, -0.15) is 0 Å². The number of benzene rings is 1. The van der Waals surface area contributed by atoms with Crippen molar-refractivity contribution in [1.29, 1.82) is 0 Å². The van der Waals surface area contributed by atoms with Crippen molar-refractivity contribution >= 4 is 35.0 Å². The Kier molecular flexibility index (Phi) is 10.1. The number of hydrogen-bond acceptors (Lipinski definition) is 5. The summed E-state index contributed by atoms with van der Waals surface area (Å²) in [7, 11) is 1.52. The Morgan fingerprint density at radius 3 is 2.62 bits per heavy atom. The molecule has 0 atom stereocenters. The molecule has 1 saturated carbocycles. The molecule has 0 bridgehead atoms. The van der Waals surface area contributed by atoms with E-state index in [1.165, 1.54) is 38.1 Å². The second-order valence-electron chi connectivity index (χ2n) is 7.19. The first kappa shape index (κ1) is 25.3. The first-order valence-corrected chi connectivity index (χ1v) is 10.6. The van der Waals surface area contributed by atoms with Gasteiger partial charge in [0, 0.05) is 19.6 Å². The smallest absolute Gasteiger partial charge is 0.270 e. The third kappa shape index (κ3) is 7.61. The lowest BCUT2D eigenvalue weighted by Crippen LogP contribution is -2.29. The van der Waals surface area contributed by atoms with Gasteiger partial charge in [-0.05, 0) is 31.0 Å². The van der Waals surface area contributed by atoms with Crippen LogP contribution in [0.3, 0.4) is 0 Å². The van der Waals surface area contributed by atoms with Crippen LogP contribution in [-0.2, 0) is 9.53 Å². The second-order valence-corrected chi connectivity index (χ2v) is 7.59. The number of H-pyrrole nitrogens is 1. The predicted molar refractivity (Wildman–Crippen MR) is 118 cm³/mol. The van der Waals surface area contributed by atoms with Crippen LogP contribution in [0.5, 0.6) is 0 Å². The summed E-state index contributed by atoms with van der Waals surface area (Å²) in [5.41, 5.74) is 5.52. The van der Waals surface area contributed by atoms with Crippen molar-refractivity contribution in [2.45, 2.75) is 32.1 Å². The third-order valence-corrected chi connectivity index (χ3v) is 5.17. The lowest BCUT2D eigenvalue weighted by atomic mass is 9.88. The molecule has 1 heterocycles. The molecule has 1 aromatic heterocycles. The number of aromatic amines is 1. The zero-order chi connectivity index (χ0) is 23.5. The Hall–Kier alpha value is -2.98. The second kappa shape index (κ2) is 12.8. The van der Waals surface area contributed by atoms with Crippen molar-refractivity contribution in [1.82, 2.24) is 15.3 Å². The lowest BCUT2D eigenvalue weighted by molar-refractivity contribution is -0.120. The lowest BCUT2D eigenvalue weighted by Gasteiger charge is -2.21. The van der Waals surface area contributed by atoms with Gasteiger partial charge >= 0.3 is 0 Å². The number of halogens is 2. The van der Waals surface area contributed by atoms with Gasteiger partial charge < -0.3 is 26.1 Å². The predicted octanol–water partition coefficient (Wildman–Crippen LogP) is 2.88. The number of amides is 3. The average Bonchev–Trinajstić information content (AvgIpc) is 3.27. The van der Waals surface area contributed by atoms with Gasteiger partial charge in [-0.15, -0.1) is 0 Å². The standard InChI is InChI=1S/C13H15ClFNO.C8H12N4O3/c14-11-8-10(15)6-7-12(11)16-13(17)9-4-2-1-3-5-9;1-15-3-2-10-8(14)6-5(7(9)13)11-4-12-6/h6-9H,1-5H2,(H,16,17);4H,2-3H2,1H3,(H2,9,13)(H,10,14)(H,11,12). The van der Waals surface area contributed by atoms with Crippen LogP contribution in [0.4, 0.5) is 10.1 Å². The minimum atomic E-state index is -0.742. The van der Waals surface area contributed by atoms with E-state index in [1.807, 2.05) is 0 Å². The molecule has 5 N–H and O–H groups in total. The summed E-state index contributed by atoms with van der Waals surface area (Å²) in [4.78, 5) is 40.4. The number of nitrogens with zero attached hydrogens (tertiary/aromatic N) is 1. The quantitative estimate of drug-likeness (QED) is 0.463. The molecule has 32 heavy (non-hydrogen) atoms. The molecule has 1 fully saturated rings.